The van der Waals surface area contributed by atoms with Crippen LogP contribution in [0, 0.1) is 0 Å². The van der Waals surface area contributed by atoms with E-state index in [-0.39, 0.29) is 11.9 Å². The van der Waals surface area contributed by atoms with Crippen LogP contribution in [0.5, 0.6) is 11.5 Å². The summed E-state index contributed by atoms with van der Waals surface area (Å²) in [5.41, 5.74) is 6.51. The Labute approximate surface area is 113 Å². The van der Waals surface area contributed by atoms with Gasteiger partial charge in [-0.2, -0.15) is 0 Å². The standard InChI is InChI=1S/C14H20N2O3/c1-18-12-6-5-10(8-13(12)19-2)14(17)16-7-3-4-11(15)9-16/h5-6,8,11H,3-4,7,9,15H2,1-2H3/t11-/m0/s1. The van der Waals surface area contributed by atoms with Gasteiger partial charge in [-0.3, -0.25) is 4.79 Å². The Kier molecular flexibility index (Phi) is 4.27. The van der Waals surface area contributed by atoms with Crippen molar-refractivity contribution in [3.05, 3.63) is 23.8 Å². The maximum absolute atomic E-state index is 12.4. The minimum Gasteiger partial charge on any atom is -0.493 e. The number of methoxy groups -OCH3 is 2. The molecule has 1 fully saturated rings. The molecule has 0 spiro atoms. The number of nitrogens with two attached hydrogens (primary N) is 1. The van der Waals surface area contributed by atoms with Crippen LogP contribution in [0.2, 0.25) is 0 Å². The van der Waals surface area contributed by atoms with E-state index in [1.165, 1.54) is 0 Å². The highest BCUT2D eigenvalue weighted by molar-refractivity contribution is 5.95. The maximum atomic E-state index is 12.4. The molecule has 19 heavy (non-hydrogen) atoms. The first-order valence-electron chi connectivity index (χ1n) is 6.42. The molecule has 1 aliphatic rings. The second-order valence-corrected chi connectivity index (χ2v) is 4.72. The number of rotatable bonds is 3. The van der Waals surface area contributed by atoms with Crippen molar-refractivity contribution >= 4 is 5.91 Å². The fourth-order valence-electron chi connectivity index (χ4n) is 2.35. The number of ether oxygens (including phenoxy) is 2. The van der Waals surface area contributed by atoms with Crippen LogP contribution in [0.3, 0.4) is 0 Å². The van der Waals surface area contributed by atoms with Crippen LogP contribution in [0.25, 0.3) is 0 Å². The van der Waals surface area contributed by atoms with E-state index in [9.17, 15) is 4.79 Å². The summed E-state index contributed by atoms with van der Waals surface area (Å²) in [5, 5.41) is 0. The molecular formula is C14H20N2O3. The first-order valence-corrected chi connectivity index (χ1v) is 6.42. The van der Waals surface area contributed by atoms with Gasteiger partial charge in [-0.25, -0.2) is 0 Å². The lowest BCUT2D eigenvalue weighted by atomic mass is 10.1. The molecule has 0 radical (unpaired) electrons. The number of hydrogen-bond donors (Lipinski definition) is 1. The molecule has 1 amide bonds. The zero-order valence-corrected chi connectivity index (χ0v) is 11.4. The van der Waals surface area contributed by atoms with Crippen molar-refractivity contribution in [2.75, 3.05) is 27.3 Å². The van der Waals surface area contributed by atoms with Gasteiger partial charge in [-0.15, -0.1) is 0 Å². The van der Waals surface area contributed by atoms with Crippen LogP contribution < -0.4 is 15.2 Å². The van der Waals surface area contributed by atoms with Crippen molar-refractivity contribution in [3.8, 4) is 11.5 Å². The Balaban J connectivity index is 2.19. The first kappa shape index (κ1) is 13.7. The molecule has 1 saturated heterocycles. The smallest absolute Gasteiger partial charge is 0.254 e. The van der Waals surface area contributed by atoms with Gasteiger partial charge < -0.3 is 20.1 Å². The Morgan fingerprint density at radius 1 is 1.32 bits per heavy atom. The van der Waals surface area contributed by atoms with Gasteiger partial charge in [0.15, 0.2) is 11.5 Å². The summed E-state index contributed by atoms with van der Waals surface area (Å²) in [6.07, 6.45) is 1.94. The third-order valence-corrected chi connectivity index (χ3v) is 3.38. The molecule has 0 saturated carbocycles. The number of benzene rings is 1. The van der Waals surface area contributed by atoms with Crippen LogP contribution in [-0.2, 0) is 0 Å². The van der Waals surface area contributed by atoms with Crippen molar-refractivity contribution in [2.24, 2.45) is 5.73 Å². The molecule has 1 aromatic rings. The van der Waals surface area contributed by atoms with E-state index in [1.807, 2.05) is 0 Å². The summed E-state index contributed by atoms with van der Waals surface area (Å²) in [4.78, 5) is 14.2. The second-order valence-electron chi connectivity index (χ2n) is 4.72. The molecule has 2 rings (SSSR count). The molecule has 1 aliphatic heterocycles. The Bertz CT molecular complexity index is 462. The average molecular weight is 264 g/mol. The summed E-state index contributed by atoms with van der Waals surface area (Å²) in [6, 6.07) is 5.29. The summed E-state index contributed by atoms with van der Waals surface area (Å²) < 4.78 is 10.4. The summed E-state index contributed by atoms with van der Waals surface area (Å²) in [7, 11) is 3.13. The van der Waals surface area contributed by atoms with Crippen LogP contribution in [0.1, 0.15) is 23.2 Å². The van der Waals surface area contributed by atoms with Gasteiger partial charge >= 0.3 is 0 Å². The molecule has 0 bridgehead atoms. The van der Waals surface area contributed by atoms with E-state index >= 15 is 0 Å². The normalized spacial score (nSPS) is 19.1. The third-order valence-electron chi connectivity index (χ3n) is 3.38. The van der Waals surface area contributed by atoms with Crippen molar-refractivity contribution < 1.29 is 14.3 Å². The zero-order valence-electron chi connectivity index (χ0n) is 11.4. The lowest BCUT2D eigenvalue weighted by Crippen LogP contribution is -2.45. The molecule has 0 aliphatic carbocycles. The molecule has 2 N–H and O–H groups in total. The van der Waals surface area contributed by atoms with Gasteiger partial charge in [0.25, 0.3) is 5.91 Å². The maximum Gasteiger partial charge on any atom is 0.254 e. The Morgan fingerprint density at radius 2 is 2.05 bits per heavy atom. The fourth-order valence-corrected chi connectivity index (χ4v) is 2.35. The minimum atomic E-state index is -0.00361. The van der Waals surface area contributed by atoms with E-state index in [0.717, 1.165) is 19.4 Å². The number of likely N-dealkylation sites (tertiary alicyclic amines) is 1. The predicted molar refractivity (Wildman–Crippen MR) is 72.7 cm³/mol. The lowest BCUT2D eigenvalue weighted by molar-refractivity contribution is 0.0708. The summed E-state index contributed by atoms with van der Waals surface area (Å²) in [5.74, 6) is 1.18. The van der Waals surface area contributed by atoms with E-state index < -0.39 is 0 Å². The monoisotopic (exact) mass is 264 g/mol. The third kappa shape index (κ3) is 2.98. The molecule has 0 unspecified atom stereocenters. The van der Waals surface area contributed by atoms with Gasteiger partial charge in [-0.1, -0.05) is 0 Å². The van der Waals surface area contributed by atoms with Gasteiger partial charge in [0.2, 0.25) is 0 Å². The van der Waals surface area contributed by atoms with E-state index in [0.29, 0.717) is 23.6 Å². The molecular weight excluding hydrogens is 244 g/mol. The van der Waals surface area contributed by atoms with Crippen LogP contribution in [0.4, 0.5) is 0 Å². The van der Waals surface area contributed by atoms with E-state index in [1.54, 1.807) is 37.3 Å². The number of piperidine rings is 1. The SMILES string of the molecule is COc1ccc(C(=O)N2CCC[C@H](N)C2)cc1OC. The molecule has 0 aromatic heterocycles. The number of amides is 1. The fraction of sp³-hybridized carbons (Fsp3) is 0.500. The van der Waals surface area contributed by atoms with Gasteiger partial charge in [0, 0.05) is 24.7 Å². The Hall–Kier alpha value is -1.75. The summed E-state index contributed by atoms with van der Waals surface area (Å²) >= 11 is 0. The van der Waals surface area contributed by atoms with Crippen molar-refractivity contribution in [1.29, 1.82) is 0 Å². The lowest BCUT2D eigenvalue weighted by Gasteiger charge is -2.30. The van der Waals surface area contributed by atoms with E-state index in [2.05, 4.69) is 0 Å². The molecule has 1 atom stereocenters. The molecule has 1 aromatic carbocycles. The van der Waals surface area contributed by atoms with Gasteiger partial charge in [0.1, 0.15) is 0 Å². The quantitative estimate of drug-likeness (QED) is 0.893. The highest BCUT2D eigenvalue weighted by Crippen LogP contribution is 2.28. The number of carbonyl (C=O) groups excluding carboxylic acids is 1. The van der Waals surface area contributed by atoms with Crippen molar-refractivity contribution in [3.63, 3.8) is 0 Å². The second kappa shape index (κ2) is 5.93. The predicted octanol–water partition coefficient (Wildman–Crippen LogP) is 1.27. The molecule has 1 heterocycles. The van der Waals surface area contributed by atoms with Crippen molar-refractivity contribution in [1.82, 2.24) is 4.90 Å². The summed E-state index contributed by atoms with van der Waals surface area (Å²) in [6.45, 7) is 1.38. The average Bonchev–Trinajstić information content (AvgIpc) is 2.45. The minimum absolute atomic E-state index is 0.00361. The Morgan fingerprint density at radius 3 is 2.68 bits per heavy atom. The molecule has 104 valence electrons. The highest BCUT2D eigenvalue weighted by atomic mass is 16.5. The van der Waals surface area contributed by atoms with Gasteiger partial charge in [0.05, 0.1) is 14.2 Å². The number of nitrogens with zero attached hydrogens (tertiary/aromatic N) is 1. The topological polar surface area (TPSA) is 64.8 Å². The number of carbonyl (C=O) groups is 1. The first-order chi connectivity index (χ1) is 9.15. The van der Waals surface area contributed by atoms with Crippen LogP contribution in [-0.4, -0.2) is 44.2 Å². The van der Waals surface area contributed by atoms with Gasteiger partial charge in [-0.05, 0) is 31.0 Å². The zero-order chi connectivity index (χ0) is 13.8. The van der Waals surface area contributed by atoms with Crippen LogP contribution >= 0.6 is 0 Å². The van der Waals surface area contributed by atoms with Crippen molar-refractivity contribution in [2.45, 2.75) is 18.9 Å². The number of hydrogen-bond acceptors (Lipinski definition) is 4. The highest BCUT2D eigenvalue weighted by Gasteiger charge is 2.23. The van der Waals surface area contributed by atoms with E-state index in [4.69, 9.17) is 15.2 Å². The molecule has 5 nitrogen and oxygen atoms in total. The largest absolute Gasteiger partial charge is 0.493 e. The molecule has 5 heteroatoms. The van der Waals surface area contributed by atoms with Crippen LogP contribution in [0.15, 0.2) is 18.2 Å².